The van der Waals surface area contributed by atoms with E-state index in [1.807, 2.05) is 14.0 Å². The van der Waals surface area contributed by atoms with Gasteiger partial charge in [0.25, 0.3) is 0 Å². The number of rotatable bonds is 4. The highest BCUT2D eigenvalue weighted by Gasteiger charge is 2.26. The van der Waals surface area contributed by atoms with Crippen LogP contribution in [0, 0.1) is 6.92 Å². The van der Waals surface area contributed by atoms with E-state index in [1.165, 1.54) is 17.8 Å². The highest BCUT2D eigenvalue weighted by molar-refractivity contribution is 7.09. The largest absolute Gasteiger partial charge is 0.349 e. The number of nitrogens with one attached hydrogen (secondary N) is 1. The minimum atomic E-state index is 0.717. The predicted octanol–water partition coefficient (Wildman–Crippen LogP) is 2.07. The highest BCUT2D eigenvalue weighted by Crippen LogP contribution is 2.41. The summed E-state index contributed by atoms with van der Waals surface area (Å²) in [7, 11) is 1.89. The molecule has 1 N–H and O–H groups in total. The lowest BCUT2D eigenvalue weighted by Crippen LogP contribution is -2.05. The van der Waals surface area contributed by atoms with Crippen LogP contribution in [0.2, 0.25) is 0 Å². The molecule has 0 unspecified atom stereocenters. The van der Waals surface area contributed by atoms with E-state index in [0.717, 1.165) is 29.9 Å². The van der Waals surface area contributed by atoms with Crippen molar-refractivity contribution in [1.82, 2.24) is 19.7 Å². The quantitative estimate of drug-likeness (QED) is 0.901. The standard InChI is InChI=1S/C11H15N5S/c1-7-13-11(16(2)15-7)12-5-9-6-17-10(14-9)8-3-4-8/h6,8H,3-5H2,1-2H3,(H,12,13,15). The Morgan fingerprint density at radius 3 is 2.94 bits per heavy atom. The third-order valence-electron chi connectivity index (χ3n) is 2.79. The Morgan fingerprint density at radius 2 is 2.29 bits per heavy atom. The fourth-order valence-electron chi connectivity index (χ4n) is 1.76. The number of aromatic nitrogens is 4. The Labute approximate surface area is 104 Å². The molecule has 2 aromatic rings. The zero-order valence-electron chi connectivity index (χ0n) is 9.97. The molecule has 6 heteroatoms. The SMILES string of the molecule is Cc1nc(NCc2csc(C3CC3)n2)n(C)n1. The van der Waals surface area contributed by atoms with E-state index in [0.29, 0.717) is 0 Å². The van der Waals surface area contributed by atoms with Crippen LogP contribution >= 0.6 is 11.3 Å². The van der Waals surface area contributed by atoms with E-state index >= 15 is 0 Å². The van der Waals surface area contributed by atoms with Crippen molar-refractivity contribution in [2.75, 3.05) is 5.32 Å². The number of anilines is 1. The van der Waals surface area contributed by atoms with Crippen molar-refractivity contribution >= 4 is 17.3 Å². The van der Waals surface area contributed by atoms with Gasteiger partial charge in [0.05, 0.1) is 17.2 Å². The summed E-state index contributed by atoms with van der Waals surface area (Å²) in [5.74, 6) is 2.32. The van der Waals surface area contributed by atoms with Crippen molar-refractivity contribution in [3.05, 3.63) is 21.9 Å². The second kappa shape index (κ2) is 4.10. The van der Waals surface area contributed by atoms with Crippen LogP contribution in [0.3, 0.4) is 0 Å². The van der Waals surface area contributed by atoms with Crippen molar-refractivity contribution in [3.63, 3.8) is 0 Å². The van der Waals surface area contributed by atoms with Gasteiger partial charge in [0, 0.05) is 18.3 Å². The predicted molar refractivity (Wildman–Crippen MR) is 67.2 cm³/mol. The van der Waals surface area contributed by atoms with Crippen LogP contribution in [-0.4, -0.2) is 19.7 Å². The Kier molecular flexibility index (Phi) is 2.58. The molecule has 1 saturated carbocycles. The van der Waals surface area contributed by atoms with Crippen molar-refractivity contribution in [1.29, 1.82) is 0 Å². The molecule has 0 saturated heterocycles. The first kappa shape index (κ1) is 10.7. The van der Waals surface area contributed by atoms with Gasteiger partial charge in [-0.3, -0.25) is 0 Å². The van der Waals surface area contributed by atoms with Gasteiger partial charge in [-0.1, -0.05) is 0 Å². The lowest BCUT2D eigenvalue weighted by Gasteiger charge is -2.01. The smallest absolute Gasteiger partial charge is 0.221 e. The first-order valence-electron chi connectivity index (χ1n) is 5.78. The van der Waals surface area contributed by atoms with Gasteiger partial charge < -0.3 is 5.32 Å². The van der Waals surface area contributed by atoms with Gasteiger partial charge in [-0.2, -0.15) is 10.1 Å². The van der Waals surface area contributed by atoms with E-state index < -0.39 is 0 Å². The lowest BCUT2D eigenvalue weighted by atomic mass is 10.4. The summed E-state index contributed by atoms with van der Waals surface area (Å²) >= 11 is 1.77. The molecule has 90 valence electrons. The Morgan fingerprint density at radius 1 is 1.47 bits per heavy atom. The Hall–Kier alpha value is -1.43. The number of thiazole rings is 1. The molecule has 1 aliphatic carbocycles. The molecule has 1 fully saturated rings. The van der Waals surface area contributed by atoms with E-state index in [-0.39, 0.29) is 0 Å². The van der Waals surface area contributed by atoms with E-state index in [4.69, 9.17) is 0 Å². The van der Waals surface area contributed by atoms with Gasteiger partial charge in [-0.05, 0) is 19.8 Å². The van der Waals surface area contributed by atoms with Crippen molar-refractivity contribution in [2.24, 2.45) is 7.05 Å². The monoisotopic (exact) mass is 249 g/mol. The first-order chi connectivity index (χ1) is 8.22. The molecule has 1 aliphatic rings. The third kappa shape index (κ3) is 2.31. The summed E-state index contributed by atoms with van der Waals surface area (Å²) < 4.78 is 1.75. The Balaban J connectivity index is 1.64. The first-order valence-corrected chi connectivity index (χ1v) is 6.66. The molecular formula is C11H15N5S. The molecule has 0 amide bonds. The molecule has 17 heavy (non-hydrogen) atoms. The van der Waals surface area contributed by atoms with Gasteiger partial charge in [0.2, 0.25) is 5.95 Å². The zero-order chi connectivity index (χ0) is 11.8. The van der Waals surface area contributed by atoms with Gasteiger partial charge in [0.15, 0.2) is 0 Å². The maximum Gasteiger partial charge on any atom is 0.221 e. The minimum absolute atomic E-state index is 0.717. The van der Waals surface area contributed by atoms with Crippen LogP contribution in [0.5, 0.6) is 0 Å². The fraction of sp³-hybridized carbons (Fsp3) is 0.545. The average Bonchev–Trinajstić information content (AvgIpc) is 2.95. The molecule has 0 aromatic carbocycles. The second-order valence-corrected chi connectivity index (χ2v) is 5.30. The van der Waals surface area contributed by atoms with E-state index in [9.17, 15) is 0 Å². The normalized spacial score (nSPS) is 15.2. The van der Waals surface area contributed by atoms with Crippen molar-refractivity contribution < 1.29 is 0 Å². The number of aryl methyl sites for hydroxylation is 2. The van der Waals surface area contributed by atoms with Crippen LogP contribution in [0.15, 0.2) is 5.38 Å². The third-order valence-corrected chi connectivity index (χ3v) is 3.85. The summed E-state index contributed by atoms with van der Waals surface area (Å²) in [6.45, 7) is 2.61. The number of hydrogen-bond acceptors (Lipinski definition) is 5. The molecule has 3 rings (SSSR count). The molecule has 0 atom stereocenters. The molecule has 0 radical (unpaired) electrons. The van der Waals surface area contributed by atoms with Crippen LogP contribution in [0.1, 0.15) is 35.3 Å². The van der Waals surface area contributed by atoms with E-state index in [2.05, 4.69) is 25.8 Å². The van der Waals surface area contributed by atoms with Crippen LogP contribution in [0.4, 0.5) is 5.95 Å². The van der Waals surface area contributed by atoms with Crippen LogP contribution in [0.25, 0.3) is 0 Å². The molecular weight excluding hydrogens is 234 g/mol. The van der Waals surface area contributed by atoms with E-state index in [1.54, 1.807) is 16.0 Å². The van der Waals surface area contributed by atoms with Crippen LogP contribution in [-0.2, 0) is 13.6 Å². The van der Waals surface area contributed by atoms with Crippen molar-refractivity contribution in [3.8, 4) is 0 Å². The topological polar surface area (TPSA) is 55.6 Å². The van der Waals surface area contributed by atoms with Crippen molar-refractivity contribution in [2.45, 2.75) is 32.2 Å². The summed E-state index contributed by atoms with van der Waals surface area (Å²) in [6.07, 6.45) is 2.62. The zero-order valence-corrected chi connectivity index (χ0v) is 10.8. The maximum atomic E-state index is 4.62. The molecule has 5 nitrogen and oxygen atoms in total. The average molecular weight is 249 g/mol. The number of hydrogen-bond donors (Lipinski definition) is 1. The molecule has 0 aliphatic heterocycles. The Bertz CT molecular complexity index is 526. The van der Waals surface area contributed by atoms with Crippen LogP contribution < -0.4 is 5.32 Å². The number of nitrogens with zero attached hydrogens (tertiary/aromatic N) is 4. The molecule has 0 spiro atoms. The summed E-state index contributed by atoms with van der Waals surface area (Å²) in [4.78, 5) is 8.92. The maximum absolute atomic E-state index is 4.62. The van der Waals surface area contributed by atoms with Gasteiger partial charge in [-0.15, -0.1) is 11.3 Å². The highest BCUT2D eigenvalue weighted by atomic mass is 32.1. The van der Waals surface area contributed by atoms with Gasteiger partial charge >= 0.3 is 0 Å². The lowest BCUT2D eigenvalue weighted by molar-refractivity contribution is 0.756. The fourth-order valence-corrected chi connectivity index (χ4v) is 2.75. The van der Waals surface area contributed by atoms with Gasteiger partial charge in [0.1, 0.15) is 5.82 Å². The second-order valence-electron chi connectivity index (χ2n) is 4.41. The van der Waals surface area contributed by atoms with Gasteiger partial charge in [-0.25, -0.2) is 9.67 Å². The molecule has 0 bridgehead atoms. The minimum Gasteiger partial charge on any atom is -0.349 e. The molecule has 2 aromatic heterocycles. The summed E-state index contributed by atoms with van der Waals surface area (Å²) in [5.41, 5.74) is 1.09. The molecule has 2 heterocycles. The summed E-state index contributed by atoms with van der Waals surface area (Å²) in [5, 5.41) is 10.9. The summed E-state index contributed by atoms with van der Waals surface area (Å²) in [6, 6.07) is 0.